The third-order valence-corrected chi connectivity index (χ3v) is 5.70. The molecule has 0 spiro atoms. The summed E-state index contributed by atoms with van der Waals surface area (Å²) in [6, 6.07) is 12.2. The number of hydrogen-bond acceptors (Lipinski definition) is 3. The lowest BCUT2D eigenvalue weighted by Crippen LogP contribution is -2.49. The molecule has 2 rings (SSSR count). The van der Waals surface area contributed by atoms with E-state index in [0.717, 1.165) is 12.0 Å². The van der Waals surface area contributed by atoms with Crippen LogP contribution in [0.1, 0.15) is 51.2 Å². The molecular formula is C24H30Cl2N2O3. The highest BCUT2D eigenvalue weighted by Gasteiger charge is 2.26. The highest BCUT2D eigenvalue weighted by atomic mass is 35.5. The van der Waals surface area contributed by atoms with Gasteiger partial charge in [-0.25, -0.2) is 0 Å². The van der Waals surface area contributed by atoms with Gasteiger partial charge in [0, 0.05) is 13.1 Å². The van der Waals surface area contributed by atoms with Crippen molar-refractivity contribution in [2.45, 2.75) is 52.6 Å². The summed E-state index contributed by atoms with van der Waals surface area (Å²) < 4.78 is 5.71. The van der Waals surface area contributed by atoms with Gasteiger partial charge in [-0.15, -0.1) is 0 Å². The van der Waals surface area contributed by atoms with Crippen LogP contribution in [0.2, 0.25) is 10.0 Å². The predicted octanol–water partition coefficient (Wildman–Crippen LogP) is 5.44. The van der Waals surface area contributed by atoms with E-state index < -0.39 is 6.04 Å². The van der Waals surface area contributed by atoms with Gasteiger partial charge >= 0.3 is 0 Å². The van der Waals surface area contributed by atoms with Crippen LogP contribution < -0.4 is 10.1 Å². The van der Waals surface area contributed by atoms with E-state index in [1.807, 2.05) is 31.2 Å². The SMILES string of the molecule is CCCNC(=O)C(C)N(Cc1ccc(Cl)c(Cl)c1)C(=O)COc1ccc(C(C)C)cc1. The Bertz CT molecular complexity index is 885. The third-order valence-electron chi connectivity index (χ3n) is 4.96. The smallest absolute Gasteiger partial charge is 0.261 e. The number of ether oxygens (including phenoxy) is 1. The summed E-state index contributed by atoms with van der Waals surface area (Å²) in [5.74, 6) is 0.518. The molecule has 168 valence electrons. The van der Waals surface area contributed by atoms with Gasteiger partial charge < -0.3 is 15.0 Å². The number of amides is 2. The van der Waals surface area contributed by atoms with Crippen molar-refractivity contribution in [1.82, 2.24) is 10.2 Å². The predicted molar refractivity (Wildman–Crippen MR) is 126 cm³/mol. The van der Waals surface area contributed by atoms with Gasteiger partial charge in [-0.3, -0.25) is 9.59 Å². The van der Waals surface area contributed by atoms with Gasteiger partial charge in [0.25, 0.3) is 5.91 Å². The first-order valence-electron chi connectivity index (χ1n) is 10.5. The minimum atomic E-state index is -0.666. The maximum atomic E-state index is 13.0. The molecular weight excluding hydrogens is 435 g/mol. The van der Waals surface area contributed by atoms with E-state index in [1.54, 1.807) is 25.1 Å². The molecule has 1 N–H and O–H groups in total. The zero-order valence-electron chi connectivity index (χ0n) is 18.5. The van der Waals surface area contributed by atoms with Crippen LogP contribution in [-0.2, 0) is 16.1 Å². The van der Waals surface area contributed by atoms with Crippen LogP contribution in [0.5, 0.6) is 5.75 Å². The monoisotopic (exact) mass is 464 g/mol. The van der Waals surface area contributed by atoms with Gasteiger partial charge in [0.2, 0.25) is 5.91 Å². The van der Waals surface area contributed by atoms with Gasteiger partial charge in [0.1, 0.15) is 11.8 Å². The molecule has 0 saturated heterocycles. The highest BCUT2D eigenvalue weighted by molar-refractivity contribution is 6.42. The highest BCUT2D eigenvalue weighted by Crippen LogP contribution is 2.24. The van der Waals surface area contributed by atoms with Crippen LogP contribution in [0, 0.1) is 0 Å². The van der Waals surface area contributed by atoms with Crippen molar-refractivity contribution in [3.63, 3.8) is 0 Å². The van der Waals surface area contributed by atoms with Gasteiger partial charge in [-0.05, 0) is 54.7 Å². The van der Waals surface area contributed by atoms with Crippen molar-refractivity contribution in [3.05, 3.63) is 63.6 Å². The summed E-state index contributed by atoms with van der Waals surface area (Å²) in [4.78, 5) is 27.1. The Morgan fingerprint density at radius 1 is 1.03 bits per heavy atom. The molecule has 1 atom stereocenters. The summed E-state index contributed by atoms with van der Waals surface area (Å²) in [5, 5.41) is 3.68. The molecule has 7 heteroatoms. The van der Waals surface area contributed by atoms with Crippen molar-refractivity contribution in [3.8, 4) is 5.75 Å². The van der Waals surface area contributed by atoms with Crippen LogP contribution in [0.3, 0.4) is 0 Å². The second-order valence-electron chi connectivity index (χ2n) is 7.75. The van der Waals surface area contributed by atoms with Crippen molar-refractivity contribution < 1.29 is 14.3 Å². The molecule has 31 heavy (non-hydrogen) atoms. The van der Waals surface area contributed by atoms with E-state index in [4.69, 9.17) is 27.9 Å². The Kier molecular flexibility index (Phi) is 9.66. The lowest BCUT2D eigenvalue weighted by Gasteiger charge is -2.29. The van der Waals surface area contributed by atoms with Crippen LogP contribution in [-0.4, -0.2) is 35.9 Å². The third kappa shape index (κ3) is 7.44. The molecule has 0 fully saturated rings. The fourth-order valence-electron chi connectivity index (χ4n) is 2.99. The van der Waals surface area contributed by atoms with Crippen molar-refractivity contribution >= 4 is 35.0 Å². The second kappa shape index (κ2) is 12.0. The first kappa shape index (κ1) is 25.0. The minimum Gasteiger partial charge on any atom is -0.484 e. The van der Waals surface area contributed by atoms with Crippen LogP contribution in [0.25, 0.3) is 0 Å². The first-order chi connectivity index (χ1) is 14.7. The van der Waals surface area contributed by atoms with E-state index in [-0.39, 0.29) is 25.0 Å². The lowest BCUT2D eigenvalue weighted by atomic mass is 10.0. The molecule has 5 nitrogen and oxygen atoms in total. The fraction of sp³-hybridized carbons (Fsp3) is 0.417. The molecule has 0 aliphatic rings. The van der Waals surface area contributed by atoms with Gasteiger partial charge in [-0.1, -0.05) is 62.2 Å². The summed E-state index contributed by atoms with van der Waals surface area (Å²) in [6.07, 6.45) is 0.814. The number of nitrogens with zero attached hydrogens (tertiary/aromatic N) is 1. The first-order valence-corrected chi connectivity index (χ1v) is 11.2. The van der Waals surface area contributed by atoms with Crippen LogP contribution >= 0.6 is 23.2 Å². The van der Waals surface area contributed by atoms with Crippen LogP contribution in [0.15, 0.2) is 42.5 Å². The van der Waals surface area contributed by atoms with E-state index in [0.29, 0.717) is 28.3 Å². The van der Waals surface area contributed by atoms with Crippen molar-refractivity contribution in [1.29, 1.82) is 0 Å². The zero-order valence-corrected chi connectivity index (χ0v) is 20.0. The second-order valence-corrected chi connectivity index (χ2v) is 8.56. The van der Waals surface area contributed by atoms with E-state index in [9.17, 15) is 9.59 Å². The molecule has 0 aromatic heterocycles. The van der Waals surface area contributed by atoms with Gasteiger partial charge in [0.15, 0.2) is 6.61 Å². The van der Waals surface area contributed by atoms with Crippen LogP contribution in [0.4, 0.5) is 0 Å². The number of nitrogens with one attached hydrogen (secondary N) is 1. The summed E-state index contributed by atoms with van der Waals surface area (Å²) >= 11 is 12.1. The van der Waals surface area contributed by atoms with E-state index >= 15 is 0 Å². The molecule has 0 heterocycles. The quantitative estimate of drug-likeness (QED) is 0.509. The number of carbonyl (C=O) groups excluding carboxylic acids is 2. The number of halogens is 2. The minimum absolute atomic E-state index is 0.173. The molecule has 0 saturated carbocycles. The zero-order chi connectivity index (χ0) is 23.0. The topological polar surface area (TPSA) is 58.6 Å². The molecule has 2 aromatic rings. The van der Waals surface area contributed by atoms with Gasteiger partial charge in [-0.2, -0.15) is 0 Å². The lowest BCUT2D eigenvalue weighted by molar-refractivity contribution is -0.142. The Balaban J connectivity index is 2.14. The number of hydrogen-bond donors (Lipinski definition) is 1. The Morgan fingerprint density at radius 2 is 1.71 bits per heavy atom. The maximum absolute atomic E-state index is 13.0. The van der Waals surface area contributed by atoms with E-state index in [2.05, 4.69) is 19.2 Å². The Hall–Kier alpha value is -2.24. The standard InChI is InChI=1S/C24H30Cl2N2O3/c1-5-12-27-24(30)17(4)28(14-18-6-11-21(25)22(26)13-18)23(29)15-31-20-9-7-19(8-10-20)16(2)3/h6-11,13,16-17H,5,12,14-15H2,1-4H3,(H,27,30). The molecule has 2 aromatic carbocycles. The number of rotatable bonds is 10. The molecule has 0 aliphatic heterocycles. The largest absolute Gasteiger partial charge is 0.484 e. The molecule has 0 aliphatic carbocycles. The Morgan fingerprint density at radius 3 is 2.29 bits per heavy atom. The average Bonchev–Trinajstić information content (AvgIpc) is 2.76. The normalized spacial score (nSPS) is 11.8. The summed E-state index contributed by atoms with van der Waals surface area (Å²) in [6.45, 7) is 8.51. The molecule has 0 radical (unpaired) electrons. The number of benzene rings is 2. The van der Waals surface area contributed by atoms with Gasteiger partial charge in [0.05, 0.1) is 10.0 Å². The molecule has 2 amide bonds. The fourth-order valence-corrected chi connectivity index (χ4v) is 3.31. The molecule has 0 bridgehead atoms. The molecule has 1 unspecified atom stereocenters. The van der Waals surface area contributed by atoms with E-state index in [1.165, 1.54) is 10.5 Å². The average molecular weight is 465 g/mol. The summed E-state index contributed by atoms with van der Waals surface area (Å²) in [5.41, 5.74) is 1.97. The maximum Gasteiger partial charge on any atom is 0.261 e. The Labute approximate surface area is 194 Å². The van der Waals surface area contributed by atoms with Crippen molar-refractivity contribution in [2.75, 3.05) is 13.2 Å². The van der Waals surface area contributed by atoms with Crippen molar-refractivity contribution in [2.24, 2.45) is 0 Å². The number of carbonyl (C=O) groups is 2. The summed E-state index contributed by atoms with van der Waals surface area (Å²) in [7, 11) is 0.